The van der Waals surface area contributed by atoms with Gasteiger partial charge in [-0.05, 0) is 80.5 Å². The average molecular weight is 393 g/mol. The number of carbonyl (C=O) groups is 1. The van der Waals surface area contributed by atoms with Gasteiger partial charge in [0.2, 0.25) is 0 Å². The molecule has 3 N–H and O–H groups in total. The Hall–Kier alpha value is -0.650. The summed E-state index contributed by atoms with van der Waals surface area (Å²) in [6, 6.07) is 0. The summed E-state index contributed by atoms with van der Waals surface area (Å²) in [6.45, 7) is 4.89. The fourth-order valence-corrected chi connectivity index (χ4v) is 8.77. The summed E-state index contributed by atoms with van der Waals surface area (Å²) < 4.78 is 5.25. The molecule has 4 saturated carbocycles. The Morgan fingerprint density at radius 1 is 0.964 bits per heavy atom. The molecule has 0 unspecified atom stereocenters. The zero-order chi connectivity index (χ0) is 19.9. The second-order valence-electron chi connectivity index (χ2n) is 11.2. The third kappa shape index (κ3) is 2.33. The molecule has 0 aromatic heterocycles. The zero-order valence-electron chi connectivity index (χ0n) is 17.3. The molecule has 0 spiro atoms. The third-order valence-electron chi connectivity index (χ3n) is 10.4. The van der Waals surface area contributed by atoms with Gasteiger partial charge in [-0.25, -0.2) is 0 Å². The van der Waals surface area contributed by atoms with Crippen LogP contribution in [-0.2, 0) is 9.53 Å². The number of esters is 1. The third-order valence-corrected chi connectivity index (χ3v) is 10.4. The maximum atomic E-state index is 12.2. The number of aliphatic hydroxyl groups excluding tert-OH is 2. The molecule has 5 heteroatoms. The monoisotopic (exact) mass is 392 g/mol. The molecule has 0 aromatic rings. The molecule has 1 heterocycles. The second kappa shape index (κ2) is 6.18. The van der Waals surface area contributed by atoms with Crippen LogP contribution in [0.15, 0.2) is 0 Å². The summed E-state index contributed by atoms with van der Waals surface area (Å²) in [5, 5.41) is 33.8. The van der Waals surface area contributed by atoms with Crippen LogP contribution in [-0.4, -0.2) is 45.7 Å². The van der Waals surface area contributed by atoms with Crippen molar-refractivity contribution in [3.05, 3.63) is 0 Å². The highest BCUT2D eigenvalue weighted by Gasteiger charge is 2.71. The first-order valence-corrected chi connectivity index (χ1v) is 11.4. The maximum absolute atomic E-state index is 12.2. The molecule has 5 fully saturated rings. The van der Waals surface area contributed by atoms with Gasteiger partial charge in [0.1, 0.15) is 0 Å². The predicted molar refractivity (Wildman–Crippen MR) is 103 cm³/mol. The normalized spacial score (nSPS) is 58.6. The van der Waals surface area contributed by atoms with Crippen molar-refractivity contribution in [3.8, 4) is 0 Å². The van der Waals surface area contributed by atoms with Crippen LogP contribution in [0.2, 0.25) is 0 Å². The molecule has 28 heavy (non-hydrogen) atoms. The second-order valence-corrected chi connectivity index (χ2v) is 11.2. The van der Waals surface area contributed by atoms with Gasteiger partial charge in [-0.2, -0.15) is 0 Å². The van der Waals surface area contributed by atoms with Crippen molar-refractivity contribution in [2.24, 2.45) is 40.4 Å². The van der Waals surface area contributed by atoms with Gasteiger partial charge in [0.05, 0.1) is 30.8 Å². The lowest BCUT2D eigenvalue weighted by Gasteiger charge is -2.65. The van der Waals surface area contributed by atoms with Gasteiger partial charge < -0.3 is 20.1 Å². The number of rotatable bonds is 1. The lowest BCUT2D eigenvalue weighted by Crippen LogP contribution is -2.67. The molecule has 5 aliphatic rings. The summed E-state index contributed by atoms with van der Waals surface area (Å²) >= 11 is 0. The van der Waals surface area contributed by atoms with Crippen LogP contribution in [0.1, 0.15) is 71.6 Å². The number of hydrogen-bond acceptors (Lipinski definition) is 5. The van der Waals surface area contributed by atoms with E-state index in [0.29, 0.717) is 24.9 Å². The lowest BCUT2D eigenvalue weighted by molar-refractivity contribution is -0.250. The Morgan fingerprint density at radius 3 is 2.46 bits per heavy atom. The van der Waals surface area contributed by atoms with Crippen molar-refractivity contribution >= 4 is 5.97 Å². The van der Waals surface area contributed by atoms with Gasteiger partial charge in [0, 0.05) is 11.3 Å². The van der Waals surface area contributed by atoms with Gasteiger partial charge in [-0.1, -0.05) is 13.8 Å². The first-order chi connectivity index (χ1) is 13.2. The van der Waals surface area contributed by atoms with E-state index in [2.05, 4.69) is 13.8 Å². The summed E-state index contributed by atoms with van der Waals surface area (Å²) in [6.07, 6.45) is 6.78. The Labute approximate surface area is 167 Å². The Kier molecular flexibility index (Phi) is 4.26. The molecule has 0 amide bonds. The van der Waals surface area contributed by atoms with E-state index in [1.807, 2.05) is 0 Å². The van der Waals surface area contributed by atoms with Crippen molar-refractivity contribution in [2.45, 2.75) is 89.4 Å². The average Bonchev–Trinajstić information content (AvgIpc) is 3.19. The quantitative estimate of drug-likeness (QED) is 0.597. The fourth-order valence-electron chi connectivity index (χ4n) is 8.77. The summed E-state index contributed by atoms with van der Waals surface area (Å²) in [5.74, 6) is 1.14. The molecule has 1 aliphatic heterocycles. The van der Waals surface area contributed by atoms with Crippen molar-refractivity contribution in [3.63, 3.8) is 0 Å². The number of hydrogen-bond donors (Lipinski definition) is 3. The Balaban J connectivity index is 1.48. The fraction of sp³-hybridized carbons (Fsp3) is 0.957. The topological polar surface area (TPSA) is 87.0 Å². The van der Waals surface area contributed by atoms with E-state index >= 15 is 0 Å². The van der Waals surface area contributed by atoms with Crippen LogP contribution in [0.4, 0.5) is 0 Å². The van der Waals surface area contributed by atoms with Crippen LogP contribution in [0.25, 0.3) is 0 Å². The van der Waals surface area contributed by atoms with Gasteiger partial charge in [-0.3, -0.25) is 4.79 Å². The smallest absolute Gasteiger partial charge is 0.306 e. The van der Waals surface area contributed by atoms with E-state index in [1.165, 1.54) is 0 Å². The van der Waals surface area contributed by atoms with Crippen LogP contribution in [0.3, 0.4) is 0 Å². The van der Waals surface area contributed by atoms with Crippen LogP contribution < -0.4 is 0 Å². The first kappa shape index (κ1) is 19.3. The van der Waals surface area contributed by atoms with Gasteiger partial charge in [0.25, 0.3) is 0 Å². The SMILES string of the molecule is C[C@]12CC[C@H](O)C[C@H]1CC[C@@H]1[C@@H]2C[C@@H](O)[C@]2(C)[C@@H]([C@H]3COC(=O)C3)CC[C@]12O. The Morgan fingerprint density at radius 2 is 1.75 bits per heavy atom. The number of cyclic esters (lactones) is 1. The minimum atomic E-state index is -0.865. The minimum Gasteiger partial charge on any atom is -0.465 e. The van der Waals surface area contributed by atoms with Gasteiger partial charge >= 0.3 is 5.97 Å². The summed E-state index contributed by atoms with van der Waals surface area (Å²) in [5.41, 5.74) is -1.33. The van der Waals surface area contributed by atoms with Crippen LogP contribution >= 0.6 is 0 Å². The van der Waals surface area contributed by atoms with Gasteiger partial charge in [-0.15, -0.1) is 0 Å². The molecular formula is C23H36O5. The molecule has 1 saturated heterocycles. The molecule has 4 aliphatic carbocycles. The molecule has 5 rings (SSSR count). The van der Waals surface area contributed by atoms with Crippen molar-refractivity contribution < 1.29 is 24.9 Å². The number of ether oxygens (including phenoxy) is 1. The number of carbonyl (C=O) groups excluding carboxylic acids is 1. The largest absolute Gasteiger partial charge is 0.465 e. The van der Waals surface area contributed by atoms with E-state index in [0.717, 1.165) is 51.4 Å². The maximum Gasteiger partial charge on any atom is 0.306 e. The van der Waals surface area contributed by atoms with E-state index < -0.39 is 17.1 Å². The molecule has 0 bridgehead atoms. The molecule has 10 atom stereocenters. The predicted octanol–water partition coefficient (Wildman–Crippen LogP) is 2.66. The number of aliphatic hydroxyl groups is 3. The van der Waals surface area contributed by atoms with Crippen molar-refractivity contribution in [1.29, 1.82) is 0 Å². The van der Waals surface area contributed by atoms with E-state index in [9.17, 15) is 20.1 Å². The molecule has 0 radical (unpaired) electrons. The molecular weight excluding hydrogens is 356 g/mol. The zero-order valence-corrected chi connectivity index (χ0v) is 17.3. The number of fused-ring (bicyclic) bond motifs is 5. The Bertz CT molecular complexity index is 665. The molecule has 158 valence electrons. The van der Waals surface area contributed by atoms with Crippen molar-refractivity contribution in [2.75, 3.05) is 6.61 Å². The minimum absolute atomic E-state index is 0.102. The van der Waals surface area contributed by atoms with E-state index in [4.69, 9.17) is 4.74 Å². The summed E-state index contributed by atoms with van der Waals surface area (Å²) in [7, 11) is 0. The van der Waals surface area contributed by atoms with Crippen LogP contribution in [0.5, 0.6) is 0 Å². The lowest BCUT2D eigenvalue weighted by atomic mass is 9.42. The van der Waals surface area contributed by atoms with Gasteiger partial charge in [0.15, 0.2) is 0 Å². The van der Waals surface area contributed by atoms with Crippen LogP contribution in [0, 0.1) is 40.4 Å². The highest BCUT2D eigenvalue weighted by molar-refractivity contribution is 5.71. The standard InChI is InChI=1S/C23H36O5/c1-21-7-5-15(24)10-14(21)3-4-17-18(21)11-19(25)22(2)16(6-8-23(17,22)27)13-9-20(26)28-12-13/h13-19,24-25,27H,3-12H2,1-2H3/t13-,14-,15+,16-,17-,18+,19-,21+,22+,23+/m1/s1. The molecule has 5 nitrogen and oxygen atoms in total. The highest BCUT2D eigenvalue weighted by atomic mass is 16.5. The first-order valence-electron chi connectivity index (χ1n) is 11.4. The van der Waals surface area contributed by atoms with Crippen molar-refractivity contribution in [1.82, 2.24) is 0 Å². The van der Waals surface area contributed by atoms with E-state index in [1.54, 1.807) is 0 Å². The molecule has 0 aromatic carbocycles. The van der Waals surface area contributed by atoms with E-state index in [-0.39, 0.29) is 35.2 Å². The summed E-state index contributed by atoms with van der Waals surface area (Å²) in [4.78, 5) is 11.7. The highest BCUT2D eigenvalue weighted by Crippen LogP contribution is 2.70.